The largest absolute Gasteiger partial charge is 0.378 e. The van der Waals surface area contributed by atoms with E-state index < -0.39 is 0 Å². The highest BCUT2D eigenvalue weighted by Gasteiger charge is 2.33. The van der Waals surface area contributed by atoms with Crippen molar-refractivity contribution in [1.82, 2.24) is 14.8 Å². The van der Waals surface area contributed by atoms with Gasteiger partial charge in [0.15, 0.2) is 0 Å². The fourth-order valence-corrected chi connectivity index (χ4v) is 4.66. The van der Waals surface area contributed by atoms with Crippen molar-refractivity contribution in [2.45, 2.75) is 25.3 Å². The van der Waals surface area contributed by atoms with Crippen LogP contribution in [0.1, 0.15) is 36.4 Å². The lowest BCUT2D eigenvalue weighted by atomic mass is 9.83. The molecule has 1 unspecified atom stereocenters. The molecule has 6 heteroatoms. The van der Waals surface area contributed by atoms with Crippen LogP contribution in [0.5, 0.6) is 0 Å². The molecule has 3 aromatic rings. The minimum Gasteiger partial charge on any atom is -0.378 e. The Balaban J connectivity index is 1.56. The van der Waals surface area contributed by atoms with Gasteiger partial charge in [0.05, 0.1) is 0 Å². The van der Waals surface area contributed by atoms with Gasteiger partial charge in [-0.05, 0) is 71.9 Å². The predicted molar refractivity (Wildman–Crippen MR) is 132 cm³/mol. The lowest BCUT2D eigenvalue weighted by molar-refractivity contribution is 0.538. The van der Waals surface area contributed by atoms with E-state index in [2.05, 4.69) is 108 Å². The molecule has 1 aromatic heterocycles. The Morgan fingerprint density at radius 3 is 2.22 bits per heavy atom. The van der Waals surface area contributed by atoms with Gasteiger partial charge >= 0.3 is 0 Å². The van der Waals surface area contributed by atoms with Gasteiger partial charge in [-0.1, -0.05) is 24.3 Å². The van der Waals surface area contributed by atoms with Gasteiger partial charge < -0.3 is 15.1 Å². The van der Waals surface area contributed by atoms with Crippen molar-refractivity contribution in [1.29, 1.82) is 0 Å². The predicted octanol–water partition coefficient (Wildman–Crippen LogP) is 4.95. The van der Waals surface area contributed by atoms with E-state index in [9.17, 15) is 0 Å². The topological polar surface area (TPSA) is 49.2 Å². The van der Waals surface area contributed by atoms with E-state index in [1.165, 1.54) is 39.3 Å². The van der Waals surface area contributed by atoms with Gasteiger partial charge in [0, 0.05) is 45.3 Å². The zero-order chi connectivity index (χ0) is 22.2. The lowest BCUT2D eigenvalue weighted by Crippen LogP contribution is -2.28. The Hall–Kier alpha value is -3.54. The van der Waals surface area contributed by atoms with E-state index in [0.717, 1.165) is 25.2 Å². The summed E-state index contributed by atoms with van der Waals surface area (Å²) < 4.78 is 2.03. The third-order valence-electron chi connectivity index (χ3n) is 6.39. The van der Waals surface area contributed by atoms with E-state index in [1.54, 1.807) is 6.33 Å². The average molecular weight is 427 g/mol. The van der Waals surface area contributed by atoms with Crippen molar-refractivity contribution in [2.75, 3.05) is 43.3 Å². The molecule has 164 valence electrons. The van der Waals surface area contributed by atoms with Crippen LogP contribution in [0.2, 0.25) is 0 Å². The van der Waals surface area contributed by atoms with E-state index in [1.807, 2.05) is 4.68 Å². The molecule has 2 aromatic carbocycles. The highest BCUT2D eigenvalue weighted by atomic mass is 15.4. The number of rotatable bonds is 4. The van der Waals surface area contributed by atoms with Gasteiger partial charge in [0.2, 0.25) is 5.95 Å². The Labute approximate surface area is 189 Å². The molecule has 6 nitrogen and oxygen atoms in total. The first-order valence-corrected chi connectivity index (χ1v) is 11.2. The SMILES string of the molecule is CN(C)c1ccc(/C=C2\CCCC3=C2Nc2ncnn2C3c2ccc(N(C)C)cc2)cc1. The fraction of sp³-hybridized carbons (Fsp3) is 0.308. The summed E-state index contributed by atoms with van der Waals surface area (Å²) in [5.74, 6) is 0.807. The van der Waals surface area contributed by atoms with Crippen molar-refractivity contribution in [3.63, 3.8) is 0 Å². The summed E-state index contributed by atoms with van der Waals surface area (Å²) in [5.41, 5.74) is 8.82. The van der Waals surface area contributed by atoms with Crippen molar-refractivity contribution >= 4 is 23.4 Å². The third-order valence-corrected chi connectivity index (χ3v) is 6.39. The van der Waals surface area contributed by atoms with Crippen LogP contribution >= 0.6 is 0 Å². The normalized spacial score (nSPS) is 18.8. The second-order valence-corrected chi connectivity index (χ2v) is 8.95. The Morgan fingerprint density at radius 2 is 1.56 bits per heavy atom. The minimum absolute atomic E-state index is 0.0692. The quantitative estimate of drug-likeness (QED) is 0.640. The second kappa shape index (κ2) is 8.19. The first-order valence-electron chi connectivity index (χ1n) is 11.2. The standard InChI is InChI=1S/C26H30N6/c1-30(2)21-12-8-18(9-13-21)16-20-6-5-7-23-24(20)29-26-27-17-28-32(26)25(23)19-10-14-22(15-11-19)31(3)4/h8-17,25H,5-7H2,1-4H3,(H,27,28,29)/b20-16+. The Bertz CT molecular complexity index is 1170. The zero-order valence-corrected chi connectivity index (χ0v) is 19.2. The highest BCUT2D eigenvalue weighted by Crippen LogP contribution is 2.43. The van der Waals surface area contributed by atoms with Crippen molar-refractivity contribution in [3.8, 4) is 0 Å². The first kappa shape index (κ1) is 20.4. The molecule has 0 fully saturated rings. The van der Waals surface area contributed by atoms with Crippen LogP contribution in [0.25, 0.3) is 6.08 Å². The van der Waals surface area contributed by atoms with Crippen LogP contribution in [-0.2, 0) is 0 Å². The van der Waals surface area contributed by atoms with E-state index >= 15 is 0 Å². The van der Waals surface area contributed by atoms with Crippen LogP contribution in [0.3, 0.4) is 0 Å². The minimum atomic E-state index is 0.0692. The van der Waals surface area contributed by atoms with E-state index in [-0.39, 0.29) is 6.04 Å². The number of fused-ring (bicyclic) bond motifs is 1. The van der Waals surface area contributed by atoms with Crippen molar-refractivity contribution < 1.29 is 0 Å². The number of benzene rings is 2. The molecule has 0 bridgehead atoms. The first-order chi connectivity index (χ1) is 15.5. The van der Waals surface area contributed by atoms with Crippen molar-refractivity contribution in [3.05, 3.63) is 82.8 Å². The number of nitrogens with zero attached hydrogens (tertiary/aromatic N) is 5. The van der Waals surface area contributed by atoms with Gasteiger partial charge in [0.1, 0.15) is 12.4 Å². The van der Waals surface area contributed by atoms with Gasteiger partial charge in [-0.15, -0.1) is 0 Å². The van der Waals surface area contributed by atoms with E-state index in [4.69, 9.17) is 0 Å². The summed E-state index contributed by atoms with van der Waals surface area (Å²) in [6.07, 6.45) is 7.21. The third kappa shape index (κ3) is 3.66. The maximum atomic E-state index is 4.57. The summed E-state index contributed by atoms with van der Waals surface area (Å²) in [6, 6.07) is 17.6. The summed E-state index contributed by atoms with van der Waals surface area (Å²) in [7, 11) is 8.27. The number of nitrogens with one attached hydrogen (secondary N) is 1. The Morgan fingerprint density at radius 1 is 0.906 bits per heavy atom. The molecule has 5 rings (SSSR count). The molecular weight excluding hydrogens is 396 g/mol. The summed E-state index contributed by atoms with van der Waals surface area (Å²) in [5, 5.41) is 8.17. The van der Waals surface area contributed by atoms with Crippen LogP contribution in [-0.4, -0.2) is 43.0 Å². The lowest BCUT2D eigenvalue weighted by Gasteiger charge is -2.34. The second-order valence-electron chi connectivity index (χ2n) is 8.95. The molecular formula is C26H30N6. The average Bonchev–Trinajstić information content (AvgIpc) is 3.26. The fourth-order valence-electron chi connectivity index (χ4n) is 4.66. The van der Waals surface area contributed by atoms with Gasteiger partial charge in [-0.2, -0.15) is 10.1 Å². The maximum absolute atomic E-state index is 4.57. The molecule has 1 aliphatic carbocycles. The van der Waals surface area contributed by atoms with Gasteiger partial charge in [-0.3, -0.25) is 0 Å². The molecule has 0 spiro atoms. The van der Waals surface area contributed by atoms with Crippen LogP contribution in [0, 0.1) is 0 Å². The summed E-state index contributed by atoms with van der Waals surface area (Å²) >= 11 is 0. The number of anilines is 3. The molecule has 2 aliphatic rings. The van der Waals surface area contributed by atoms with Gasteiger partial charge in [0.25, 0.3) is 0 Å². The molecule has 32 heavy (non-hydrogen) atoms. The van der Waals surface area contributed by atoms with Crippen LogP contribution in [0.4, 0.5) is 17.3 Å². The molecule has 0 saturated heterocycles. The number of aromatic nitrogens is 3. The van der Waals surface area contributed by atoms with E-state index in [0.29, 0.717) is 0 Å². The number of hydrogen-bond acceptors (Lipinski definition) is 5. The smallest absolute Gasteiger partial charge is 0.226 e. The van der Waals surface area contributed by atoms with Crippen LogP contribution < -0.4 is 15.1 Å². The monoisotopic (exact) mass is 426 g/mol. The maximum Gasteiger partial charge on any atom is 0.226 e. The number of allylic oxidation sites excluding steroid dienone is 2. The van der Waals surface area contributed by atoms with Crippen molar-refractivity contribution in [2.24, 2.45) is 0 Å². The molecule has 1 N–H and O–H groups in total. The highest BCUT2D eigenvalue weighted by molar-refractivity contribution is 5.67. The van der Waals surface area contributed by atoms with Gasteiger partial charge in [-0.25, -0.2) is 4.68 Å². The summed E-state index contributed by atoms with van der Waals surface area (Å²) in [4.78, 5) is 8.76. The summed E-state index contributed by atoms with van der Waals surface area (Å²) in [6.45, 7) is 0. The zero-order valence-electron chi connectivity index (χ0n) is 19.2. The number of hydrogen-bond donors (Lipinski definition) is 1. The molecule has 2 heterocycles. The molecule has 1 atom stereocenters. The molecule has 1 aliphatic heterocycles. The van der Waals surface area contributed by atoms with Crippen LogP contribution in [0.15, 0.2) is 71.7 Å². The molecule has 0 amide bonds. The molecule has 0 radical (unpaired) electrons. The Kier molecular flexibility index (Phi) is 5.21. The molecule has 0 saturated carbocycles.